The molecule has 0 saturated heterocycles. The lowest BCUT2D eigenvalue weighted by atomic mass is 10.2. The molecule has 0 fully saturated rings. The zero-order valence-electron chi connectivity index (χ0n) is 7.81. The van der Waals surface area contributed by atoms with Crippen molar-refractivity contribution in [2.75, 3.05) is 12.5 Å². The second-order valence-electron chi connectivity index (χ2n) is 2.75. The van der Waals surface area contributed by atoms with Gasteiger partial charge in [-0.25, -0.2) is 8.42 Å². The van der Waals surface area contributed by atoms with Crippen LogP contribution in [0.5, 0.6) is 0 Å². The number of hydrogen-bond acceptors (Lipinski definition) is 4. The minimum Gasteiger partial charge on any atom is -0.224 e. The number of nitrogens with zero attached hydrogens (tertiary/aromatic N) is 1. The molecule has 0 bridgehead atoms. The van der Waals surface area contributed by atoms with Crippen LogP contribution in [0.2, 0.25) is 0 Å². The third kappa shape index (κ3) is 2.28. The standard InChI is InChI=1S/C9H9NO2S2/c1-13-8-4-3-7(6-10)5-9(8)14(2,11)12/h3-5H,1-2H3. The fourth-order valence-electron chi connectivity index (χ4n) is 1.04. The molecule has 0 aliphatic carbocycles. The van der Waals surface area contributed by atoms with Crippen LogP contribution in [-0.2, 0) is 9.84 Å². The largest absolute Gasteiger partial charge is 0.224 e. The first-order valence-electron chi connectivity index (χ1n) is 3.77. The van der Waals surface area contributed by atoms with Crippen LogP contribution in [-0.4, -0.2) is 20.9 Å². The molecule has 3 nitrogen and oxygen atoms in total. The molecule has 0 aliphatic rings. The highest BCUT2D eigenvalue weighted by molar-refractivity contribution is 7.99. The fraction of sp³-hybridized carbons (Fsp3) is 0.222. The molecular weight excluding hydrogens is 218 g/mol. The van der Waals surface area contributed by atoms with Gasteiger partial charge in [0.05, 0.1) is 16.5 Å². The Morgan fingerprint density at radius 3 is 2.50 bits per heavy atom. The average molecular weight is 227 g/mol. The summed E-state index contributed by atoms with van der Waals surface area (Å²) in [5, 5.41) is 8.64. The van der Waals surface area contributed by atoms with E-state index in [4.69, 9.17) is 5.26 Å². The first kappa shape index (κ1) is 11.1. The Kier molecular flexibility index (Phi) is 3.19. The molecule has 5 heteroatoms. The zero-order valence-corrected chi connectivity index (χ0v) is 9.45. The maximum absolute atomic E-state index is 11.4. The van der Waals surface area contributed by atoms with E-state index in [-0.39, 0.29) is 4.90 Å². The van der Waals surface area contributed by atoms with Crippen LogP contribution in [0.4, 0.5) is 0 Å². The molecule has 0 aliphatic heterocycles. The van der Waals surface area contributed by atoms with Gasteiger partial charge in [-0.15, -0.1) is 11.8 Å². The van der Waals surface area contributed by atoms with Crippen molar-refractivity contribution in [2.45, 2.75) is 9.79 Å². The third-order valence-corrected chi connectivity index (χ3v) is 3.75. The average Bonchev–Trinajstić information content (AvgIpc) is 2.15. The van der Waals surface area contributed by atoms with Gasteiger partial charge in [-0.2, -0.15) is 5.26 Å². The molecule has 0 atom stereocenters. The first-order valence-corrected chi connectivity index (χ1v) is 6.89. The number of thioether (sulfide) groups is 1. The van der Waals surface area contributed by atoms with E-state index < -0.39 is 9.84 Å². The van der Waals surface area contributed by atoms with E-state index in [0.717, 1.165) is 6.26 Å². The van der Waals surface area contributed by atoms with E-state index in [2.05, 4.69) is 0 Å². The molecule has 0 saturated carbocycles. The molecule has 1 rings (SSSR count). The summed E-state index contributed by atoms with van der Waals surface area (Å²) in [5.41, 5.74) is 0.364. The summed E-state index contributed by atoms with van der Waals surface area (Å²) >= 11 is 1.35. The maximum atomic E-state index is 11.4. The molecule has 74 valence electrons. The quantitative estimate of drug-likeness (QED) is 0.721. The van der Waals surface area contributed by atoms with E-state index in [9.17, 15) is 8.42 Å². The first-order chi connectivity index (χ1) is 6.49. The summed E-state index contributed by atoms with van der Waals surface area (Å²) in [5.74, 6) is 0. The van der Waals surface area contributed by atoms with Gasteiger partial charge in [-0.05, 0) is 24.5 Å². The fourth-order valence-corrected chi connectivity index (χ4v) is 2.98. The highest BCUT2D eigenvalue weighted by atomic mass is 32.2. The lowest BCUT2D eigenvalue weighted by Crippen LogP contribution is -1.99. The Bertz CT molecular complexity index is 486. The van der Waals surface area contributed by atoms with Crippen LogP contribution in [0, 0.1) is 11.3 Å². The van der Waals surface area contributed by atoms with Crippen LogP contribution in [0.3, 0.4) is 0 Å². The van der Waals surface area contributed by atoms with Gasteiger partial charge in [0, 0.05) is 11.2 Å². The van der Waals surface area contributed by atoms with Gasteiger partial charge in [0.15, 0.2) is 9.84 Å². The van der Waals surface area contributed by atoms with Gasteiger partial charge in [0.1, 0.15) is 0 Å². The van der Waals surface area contributed by atoms with E-state index in [0.29, 0.717) is 10.5 Å². The summed E-state index contributed by atoms with van der Waals surface area (Å²) < 4.78 is 22.7. The van der Waals surface area contributed by atoms with E-state index in [1.165, 1.54) is 17.8 Å². The Hall–Kier alpha value is -0.990. The lowest BCUT2D eigenvalue weighted by Gasteiger charge is -2.04. The van der Waals surface area contributed by atoms with E-state index in [1.54, 1.807) is 18.4 Å². The zero-order chi connectivity index (χ0) is 10.8. The van der Waals surface area contributed by atoms with Gasteiger partial charge >= 0.3 is 0 Å². The van der Waals surface area contributed by atoms with Crippen molar-refractivity contribution < 1.29 is 8.42 Å². The number of benzene rings is 1. The lowest BCUT2D eigenvalue weighted by molar-refractivity contribution is 0.600. The summed E-state index contributed by atoms with van der Waals surface area (Å²) in [7, 11) is -3.25. The summed E-state index contributed by atoms with van der Waals surface area (Å²) in [6.07, 6.45) is 2.94. The number of hydrogen-bond donors (Lipinski definition) is 0. The van der Waals surface area contributed by atoms with Crippen LogP contribution in [0.15, 0.2) is 28.0 Å². The highest BCUT2D eigenvalue weighted by Gasteiger charge is 2.13. The maximum Gasteiger partial charge on any atom is 0.176 e. The molecule has 0 amide bonds. The molecule has 14 heavy (non-hydrogen) atoms. The Balaban J connectivity index is 3.47. The van der Waals surface area contributed by atoms with E-state index >= 15 is 0 Å². The molecular formula is C9H9NO2S2. The van der Waals surface area contributed by atoms with E-state index in [1.807, 2.05) is 6.07 Å². The van der Waals surface area contributed by atoms with Crippen LogP contribution in [0.1, 0.15) is 5.56 Å². The molecule has 1 aromatic rings. The van der Waals surface area contributed by atoms with Crippen molar-refractivity contribution in [2.24, 2.45) is 0 Å². The minimum atomic E-state index is -3.25. The minimum absolute atomic E-state index is 0.226. The molecule has 0 aromatic heterocycles. The SMILES string of the molecule is CSc1ccc(C#N)cc1S(C)(=O)=O. The molecule has 0 N–H and O–H groups in total. The molecule has 0 radical (unpaired) electrons. The van der Waals surface area contributed by atoms with Gasteiger partial charge in [-0.3, -0.25) is 0 Å². The third-order valence-electron chi connectivity index (χ3n) is 1.69. The monoisotopic (exact) mass is 227 g/mol. The second kappa shape index (κ2) is 4.03. The van der Waals surface area contributed by atoms with Crippen molar-refractivity contribution in [3.63, 3.8) is 0 Å². The van der Waals surface area contributed by atoms with Crippen molar-refractivity contribution in [1.29, 1.82) is 5.26 Å². The van der Waals surface area contributed by atoms with Gasteiger partial charge in [-0.1, -0.05) is 0 Å². The highest BCUT2D eigenvalue weighted by Crippen LogP contribution is 2.25. The molecule has 0 spiro atoms. The summed E-state index contributed by atoms with van der Waals surface area (Å²) in [6, 6.07) is 6.58. The van der Waals surface area contributed by atoms with Gasteiger partial charge in [0.25, 0.3) is 0 Å². The smallest absolute Gasteiger partial charge is 0.176 e. The van der Waals surface area contributed by atoms with Crippen molar-refractivity contribution in [1.82, 2.24) is 0 Å². The molecule has 0 unspecified atom stereocenters. The van der Waals surface area contributed by atoms with Gasteiger partial charge < -0.3 is 0 Å². The predicted octanol–water partition coefficient (Wildman–Crippen LogP) is 1.68. The van der Waals surface area contributed by atoms with Crippen LogP contribution >= 0.6 is 11.8 Å². The number of nitriles is 1. The van der Waals surface area contributed by atoms with Gasteiger partial charge in [0.2, 0.25) is 0 Å². The predicted molar refractivity (Wildman–Crippen MR) is 56.0 cm³/mol. The van der Waals surface area contributed by atoms with Crippen molar-refractivity contribution in [3.05, 3.63) is 23.8 Å². The topological polar surface area (TPSA) is 57.9 Å². The normalized spacial score (nSPS) is 10.9. The van der Waals surface area contributed by atoms with Crippen LogP contribution in [0.25, 0.3) is 0 Å². The van der Waals surface area contributed by atoms with Crippen molar-refractivity contribution in [3.8, 4) is 6.07 Å². The second-order valence-corrected chi connectivity index (χ2v) is 5.58. The summed E-state index contributed by atoms with van der Waals surface area (Å²) in [4.78, 5) is 0.899. The molecule has 0 heterocycles. The Morgan fingerprint density at radius 2 is 2.07 bits per heavy atom. The van der Waals surface area contributed by atoms with Crippen molar-refractivity contribution >= 4 is 21.6 Å². The Labute approximate surface area is 87.7 Å². The molecule has 1 aromatic carbocycles. The number of sulfone groups is 1. The summed E-state index contributed by atoms with van der Waals surface area (Å²) in [6.45, 7) is 0. The number of rotatable bonds is 2. The van der Waals surface area contributed by atoms with Crippen LogP contribution < -0.4 is 0 Å². The Morgan fingerprint density at radius 1 is 1.43 bits per heavy atom.